The Labute approximate surface area is 101 Å². The summed E-state index contributed by atoms with van der Waals surface area (Å²) in [5.41, 5.74) is 0. The van der Waals surface area contributed by atoms with Gasteiger partial charge in [-0.3, -0.25) is 0 Å². The van der Waals surface area contributed by atoms with E-state index in [1.165, 1.54) is 0 Å². The average Bonchev–Trinajstić information content (AvgIpc) is 2.79. The van der Waals surface area contributed by atoms with Crippen LogP contribution in [0.5, 0.6) is 5.75 Å². The number of imidazole rings is 1. The maximum atomic E-state index is 5.62. The highest BCUT2D eigenvalue weighted by atomic mass is 16.5. The lowest BCUT2D eigenvalue weighted by molar-refractivity contribution is -0.730. The van der Waals surface area contributed by atoms with Crippen LogP contribution in [-0.2, 0) is 18.0 Å². The van der Waals surface area contributed by atoms with E-state index >= 15 is 0 Å². The molecule has 0 saturated heterocycles. The van der Waals surface area contributed by atoms with E-state index in [-0.39, 0.29) is 0 Å². The van der Waals surface area contributed by atoms with Crippen molar-refractivity contribution in [2.24, 2.45) is 0 Å². The highest BCUT2D eigenvalue weighted by Crippen LogP contribution is 2.07. The number of nitrogens with zero attached hydrogens (tertiary/aromatic N) is 2. The smallest absolute Gasteiger partial charge is 0.245 e. The number of hydrogen-bond acceptors (Lipinski definition) is 2. The van der Waals surface area contributed by atoms with Crippen LogP contribution < -0.4 is 9.30 Å². The predicted molar refractivity (Wildman–Crippen MR) is 63.6 cm³/mol. The topological polar surface area (TPSA) is 27.3 Å². The largest absolute Gasteiger partial charge is 0.489 e. The Hall–Kier alpha value is -1.81. The molecule has 1 aromatic heterocycles. The SMILES string of the molecule is COC[n+]1ccn(CCOc2ccccc2)c1. The summed E-state index contributed by atoms with van der Waals surface area (Å²) in [6, 6.07) is 9.84. The first-order valence-corrected chi connectivity index (χ1v) is 5.60. The van der Waals surface area contributed by atoms with Crippen LogP contribution in [0.3, 0.4) is 0 Å². The van der Waals surface area contributed by atoms with Crippen molar-refractivity contribution in [3.63, 3.8) is 0 Å². The van der Waals surface area contributed by atoms with E-state index in [0.29, 0.717) is 13.3 Å². The van der Waals surface area contributed by atoms with Crippen molar-refractivity contribution in [2.75, 3.05) is 13.7 Å². The number of hydrogen-bond donors (Lipinski definition) is 0. The van der Waals surface area contributed by atoms with Gasteiger partial charge in [0.1, 0.15) is 31.3 Å². The van der Waals surface area contributed by atoms with E-state index in [4.69, 9.17) is 9.47 Å². The molecule has 0 aliphatic rings. The molecule has 4 heteroatoms. The fraction of sp³-hybridized carbons (Fsp3) is 0.308. The predicted octanol–water partition coefficient (Wildman–Crippen LogP) is 1.46. The van der Waals surface area contributed by atoms with Crippen molar-refractivity contribution in [2.45, 2.75) is 13.3 Å². The summed E-state index contributed by atoms with van der Waals surface area (Å²) in [6.07, 6.45) is 5.98. The number of ether oxygens (including phenoxy) is 2. The standard InChI is InChI=1S/C13H17N2O2/c1-16-12-15-8-7-14(11-15)9-10-17-13-5-3-2-4-6-13/h2-8,11H,9-10,12H2,1H3/q+1. The van der Waals surface area contributed by atoms with Crippen molar-refractivity contribution in [3.05, 3.63) is 49.1 Å². The van der Waals surface area contributed by atoms with Gasteiger partial charge in [0.2, 0.25) is 6.33 Å². The minimum Gasteiger partial charge on any atom is -0.489 e. The Bertz CT molecular complexity index is 440. The molecule has 17 heavy (non-hydrogen) atoms. The van der Waals surface area contributed by atoms with Gasteiger partial charge in [-0.05, 0) is 12.1 Å². The van der Waals surface area contributed by atoms with Crippen LogP contribution >= 0.6 is 0 Å². The Balaban J connectivity index is 1.78. The summed E-state index contributed by atoms with van der Waals surface area (Å²) >= 11 is 0. The second-order valence-corrected chi connectivity index (χ2v) is 3.74. The van der Waals surface area contributed by atoms with Crippen molar-refractivity contribution in [3.8, 4) is 5.75 Å². The molecule has 0 unspecified atom stereocenters. The fourth-order valence-electron chi connectivity index (χ4n) is 1.58. The summed E-state index contributed by atoms with van der Waals surface area (Å²) < 4.78 is 14.7. The van der Waals surface area contributed by atoms with E-state index in [9.17, 15) is 0 Å². The van der Waals surface area contributed by atoms with E-state index in [2.05, 4.69) is 4.57 Å². The Morgan fingerprint density at radius 2 is 2.06 bits per heavy atom. The lowest BCUT2D eigenvalue weighted by atomic mass is 10.3. The lowest BCUT2D eigenvalue weighted by Gasteiger charge is -2.03. The molecule has 1 heterocycles. The summed E-state index contributed by atoms with van der Waals surface area (Å²) in [7, 11) is 1.68. The van der Waals surface area contributed by atoms with Gasteiger partial charge in [-0.15, -0.1) is 0 Å². The second kappa shape index (κ2) is 6.06. The van der Waals surface area contributed by atoms with Gasteiger partial charge in [0.25, 0.3) is 0 Å². The number of para-hydroxylation sites is 1. The van der Waals surface area contributed by atoms with E-state index in [1.807, 2.05) is 53.6 Å². The summed E-state index contributed by atoms with van der Waals surface area (Å²) in [6.45, 7) is 2.06. The minimum absolute atomic E-state index is 0.576. The third-order valence-corrected chi connectivity index (χ3v) is 2.39. The molecule has 0 fully saturated rings. The van der Waals surface area contributed by atoms with Crippen LogP contribution in [0.25, 0.3) is 0 Å². The van der Waals surface area contributed by atoms with Gasteiger partial charge in [0.15, 0.2) is 6.73 Å². The zero-order chi connectivity index (χ0) is 11.9. The summed E-state index contributed by atoms with van der Waals surface area (Å²) in [5, 5.41) is 0. The molecular weight excluding hydrogens is 216 g/mol. The molecule has 90 valence electrons. The van der Waals surface area contributed by atoms with E-state index < -0.39 is 0 Å². The zero-order valence-electron chi connectivity index (χ0n) is 9.95. The molecule has 4 nitrogen and oxygen atoms in total. The highest BCUT2D eigenvalue weighted by Gasteiger charge is 2.02. The lowest BCUT2D eigenvalue weighted by Crippen LogP contribution is -2.31. The molecular formula is C13H17N2O2+. The van der Waals surface area contributed by atoms with Crippen molar-refractivity contribution in [1.82, 2.24) is 4.57 Å². The molecule has 0 spiro atoms. The Morgan fingerprint density at radius 1 is 1.24 bits per heavy atom. The molecule has 1 aromatic carbocycles. The van der Waals surface area contributed by atoms with E-state index in [1.54, 1.807) is 7.11 Å². The normalized spacial score (nSPS) is 10.4. The maximum absolute atomic E-state index is 5.62. The van der Waals surface area contributed by atoms with Crippen LogP contribution in [0.15, 0.2) is 49.1 Å². The third-order valence-electron chi connectivity index (χ3n) is 2.39. The van der Waals surface area contributed by atoms with Crippen LogP contribution in [0.1, 0.15) is 0 Å². The molecule has 2 aromatic rings. The van der Waals surface area contributed by atoms with Crippen molar-refractivity contribution < 1.29 is 14.0 Å². The van der Waals surface area contributed by atoms with Gasteiger partial charge in [-0.25, -0.2) is 9.13 Å². The minimum atomic E-state index is 0.576. The first kappa shape index (κ1) is 11.7. The van der Waals surface area contributed by atoms with Crippen molar-refractivity contribution in [1.29, 1.82) is 0 Å². The Morgan fingerprint density at radius 3 is 2.82 bits per heavy atom. The molecule has 0 bridgehead atoms. The second-order valence-electron chi connectivity index (χ2n) is 3.74. The maximum Gasteiger partial charge on any atom is 0.245 e. The molecule has 0 N–H and O–H groups in total. The molecule has 0 aliphatic heterocycles. The molecule has 0 atom stereocenters. The van der Waals surface area contributed by atoms with Gasteiger partial charge in [-0.1, -0.05) is 18.2 Å². The summed E-state index contributed by atoms with van der Waals surface area (Å²) in [5.74, 6) is 0.907. The van der Waals surface area contributed by atoms with Gasteiger partial charge >= 0.3 is 0 Å². The molecule has 0 amide bonds. The van der Waals surface area contributed by atoms with Crippen LogP contribution in [0.2, 0.25) is 0 Å². The molecule has 0 radical (unpaired) electrons. The van der Waals surface area contributed by atoms with Gasteiger partial charge in [0.05, 0.1) is 0 Å². The first-order valence-electron chi connectivity index (χ1n) is 5.60. The van der Waals surface area contributed by atoms with Gasteiger partial charge in [0, 0.05) is 7.11 Å². The van der Waals surface area contributed by atoms with Gasteiger partial charge < -0.3 is 9.47 Å². The number of rotatable bonds is 6. The van der Waals surface area contributed by atoms with Gasteiger partial charge in [-0.2, -0.15) is 0 Å². The summed E-state index contributed by atoms with van der Waals surface area (Å²) in [4.78, 5) is 0. The quantitative estimate of drug-likeness (QED) is 0.706. The Kier molecular flexibility index (Phi) is 4.16. The van der Waals surface area contributed by atoms with Crippen LogP contribution in [0.4, 0.5) is 0 Å². The number of benzene rings is 1. The average molecular weight is 233 g/mol. The molecule has 0 aliphatic carbocycles. The van der Waals surface area contributed by atoms with Crippen LogP contribution in [-0.4, -0.2) is 18.3 Å². The zero-order valence-corrected chi connectivity index (χ0v) is 9.95. The number of aromatic nitrogens is 2. The monoisotopic (exact) mass is 233 g/mol. The highest BCUT2D eigenvalue weighted by molar-refractivity contribution is 5.20. The first-order chi connectivity index (χ1) is 8.38. The number of methoxy groups -OCH3 is 1. The third kappa shape index (κ3) is 3.60. The molecule has 2 rings (SSSR count). The fourth-order valence-corrected chi connectivity index (χ4v) is 1.58. The molecule has 0 saturated carbocycles. The van der Waals surface area contributed by atoms with Crippen LogP contribution in [0, 0.1) is 0 Å². The van der Waals surface area contributed by atoms with E-state index in [0.717, 1.165) is 12.3 Å². The van der Waals surface area contributed by atoms with Crippen molar-refractivity contribution >= 4 is 0 Å².